The monoisotopic (exact) mass is 356 g/mol. The number of benzene rings is 1. The minimum absolute atomic E-state index is 0.165. The van der Waals surface area contributed by atoms with Crippen molar-refractivity contribution >= 4 is 21.8 Å². The van der Waals surface area contributed by atoms with E-state index in [0.29, 0.717) is 12.1 Å². The third-order valence-electron chi connectivity index (χ3n) is 3.08. The number of rotatable bonds is 4. The molecule has 1 amide bonds. The molecule has 0 fully saturated rings. The number of aromatic nitrogens is 3. The van der Waals surface area contributed by atoms with Crippen molar-refractivity contribution in [3.05, 3.63) is 76.8 Å². The lowest BCUT2D eigenvalue weighted by atomic mass is 10.2. The molecule has 0 spiro atoms. The molecule has 22 heavy (non-hydrogen) atoms. The van der Waals surface area contributed by atoms with E-state index in [2.05, 4.69) is 31.3 Å². The van der Waals surface area contributed by atoms with E-state index >= 15 is 0 Å². The van der Waals surface area contributed by atoms with Gasteiger partial charge >= 0.3 is 0 Å². The Morgan fingerprint density at radius 1 is 1.18 bits per heavy atom. The van der Waals surface area contributed by atoms with E-state index < -0.39 is 0 Å². The van der Waals surface area contributed by atoms with E-state index in [1.54, 1.807) is 23.1 Å². The summed E-state index contributed by atoms with van der Waals surface area (Å²) in [6.07, 6.45) is 6.81. The smallest absolute Gasteiger partial charge is 0.253 e. The number of halogens is 1. The molecule has 6 heteroatoms. The normalized spacial score (nSPS) is 10.4. The van der Waals surface area contributed by atoms with Crippen molar-refractivity contribution in [1.29, 1.82) is 0 Å². The summed E-state index contributed by atoms with van der Waals surface area (Å²) >= 11 is 3.30. The topological polar surface area (TPSA) is 59.8 Å². The van der Waals surface area contributed by atoms with Crippen molar-refractivity contribution < 1.29 is 4.79 Å². The second-order valence-electron chi connectivity index (χ2n) is 4.70. The van der Waals surface area contributed by atoms with Crippen LogP contribution in [0, 0.1) is 0 Å². The number of para-hydroxylation sites is 1. The van der Waals surface area contributed by atoms with Crippen LogP contribution in [0.1, 0.15) is 15.9 Å². The maximum atomic E-state index is 12.0. The summed E-state index contributed by atoms with van der Waals surface area (Å²) in [6.45, 7) is 0.415. The van der Waals surface area contributed by atoms with Crippen LogP contribution in [0.5, 0.6) is 0 Å². The van der Waals surface area contributed by atoms with Gasteiger partial charge in [-0.1, -0.05) is 18.2 Å². The summed E-state index contributed by atoms with van der Waals surface area (Å²) < 4.78 is 2.55. The van der Waals surface area contributed by atoms with Gasteiger partial charge in [-0.3, -0.25) is 9.78 Å². The van der Waals surface area contributed by atoms with Crippen molar-refractivity contribution in [2.24, 2.45) is 0 Å². The highest BCUT2D eigenvalue weighted by atomic mass is 79.9. The van der Waals surface area contributed by atoms with Gasteiger partial charge in [0.05, 0.1) is 17.4 Å². The highest BCUT2D eigenvalue weighted by Gasteiger charge is 2.07. The zero-order chi connectivity index (χ0) is 15.4. The Kier molecular flexibility index (Phi) is 4.29. The van der Waals surface area contributed by atoms with Crippen LogP contribution in [0.4, 0.5) is 0 Å². The lowest BCUT2D eigenvalue weighted by molar-refractivity contribution is 0.0950. The van der Waals surface area contributed by atoms with Crippen molar-refractivity contribution in [3.63, 3.8) is 0 Å². The summed E-state index contributed by atoms with van der Waals surface area (Å²) in [5, 5.41) is 7.15. The average molecular weight is 357 g/mol. The third kappa shape index (κ3) is 3.40. The number of carbonyl (C=O) groups is 1. The molecule has 0 aliphatic rings. The van der Waals surface area contributed by atoms with Gasteiger partial charge in [0.1, 0.15) is 0 Å². The lowest BCUT2D eigenvalue weighted by Gasteiger charge is -2.03. The van der Waals surface area contributed by atoms with Gasteiger partial charge < -0.3 is 5.32 Å². The van der Waals surface area contributed by atoms with Gasteiger partial charge in [-0.2, -0.15) is 5.10 Å². The van der Waals surface area contributed by atoms with Crippen LogP contribution in [0.15, 0.2) is 65.7 Å². The van der Waals surface area contributed by atoms with E-state index in [-0.39, 0.29) is 5.91 Å². The van der Waals surface area contributed by atoms with E-state index in [4.69, 9.17) is 0 Å². The molecular weight excluding hydrogens is 344 g/mol. The number of pyridine rings is 1. The zero-order valence-corrected chi connectivity index (χ0v) is 13.2. The first-order valence-corrected chi connectivity index (χ1v) is 7.49. The second-order valence-corrected chi connectivity index (χ2v) is 5.62. The zero-order valence-electron chi connectivity index (χ0n) is 11.6. The second kappa shape index (κ2) is 6.53. The molecule has 0 saturated carbocycles. The van der Waals surface area contributed by atoms with Crippen LogP contribution in [0.3, 0.4) is 0 Å². The van der Waals surface area contributed by atoms with E-state index in [1.165, 1.54) is 6.20 Å². The Morgan fingerprint density at radius 3 is 2.77 bits per heavy atom. The number of nitrogens with zero attached hydrogens (tertiary/aromatic N) is 3. The summed E-state index contributed by atoms with van der Waals surface area (Å²) in [5.74, 6) is -0.165. The van der Waals surface area contributed by atoms with Crippen molar-refractivity contribution in [2.45, 2.75) is 6.54 Å². The fourth-order valence-corrected chi connectivity index (χ4v) is 2.36. The molecule has 2 heterocycles. The highest BCUT2D eigenvalue weighted by Crippen LogP contribution is 2.10. The van der Waals surface area contributed by atoms with Gasteiger partial charge in [0.15, 0.2) is 0 Å². The van der Waals surface area contributed by atoms with Crippen LogP contribution in [-0.2, 0) is 6.54 Å². The minimum Gasteiger partial charge on any atom is -0.348 e. The van der Waals surface area contributed by atoms with Crippen molar-refractivity contribution in [1.82, 2.24) is 20.1 Å². The summed E-state index contributed by atoms with van der Waals surface area (Å²) in [6, 6.07) is 11.6. The molecule has 110 valence electrons. The fraction of sp³-hybridized carbons (Fsp3) is 0.0625. The van der Waals surface area contributed by atoms with Crippen LogP contribution in [0.2, 0.25) is 0 Å². The predicted octanol–water partition coefficient (Wildman–Crippen LogP) is 2.96. The Hall–Kier alpha value is -2.47. The van der Waals surface area contributed by atoms with Crippen molar-refractivity contribution in [2.75, 3.05) is 0 Å². The molecule has 0 atom stereocenters. The summed E-state index contributed by atoms with van der Waals surface area (Å²) in [7, 11) is 0. The van der Waals surface area contributed by atoms with Gasteiger partial charge in [0.25, 0.3) is 5.91 Å². The predicted molar refractivity (Wildman–Crippen MR) is 86.7 cm³/mol. The van der Waals surface area contributed by atoms with Crippen molar-refractivity contribution in [3.8, 4) is 5.69 Å². The van der Waals surface area contributed by atoms with Crippen LogP contribution in [0.25, 0.3) is 5.69 Å². The first-order chi connectivity index (χ1) is 10.7. The molecule has 0 aliphatic heterocycles. The molecule has 0 saturated heterocycles. The highest BCUT2D eigenvalue weighted by molar-refractivity contribution is 9.10. The SMILES string of the molecule is O=C(NCc1cnn(-c2ccccc2)c1)c1cncc(Br)c1. The number of hydrogen-bond donors (Lipinski definition) is 1. The maximum Gasteiger partial charge on any atom is 0.253 e. The molecule has 3 rings (SSSR count). The molecule has 1 aromatic carbocycles. The molecule has 1 N–H and O–H groups in total. The molecule has 0 unspecified atom stereocenters. The van der Waals surface area contributed by atoms with Crippen LogP contribution >= 0.6 is 15.9 Å². The van der Waals surface area contributed by atoms with Gasteiger partial charge in [-0.25, -0.2) is 4.68 Å². The summed E-state index contributed by atoms with van der Waals surface area (Å²) in [5.41, 5.74) is 2.43. The van der Waals surface area contributed by atoms with E-state index in [0.717, 1.165) is 15.7 Å². The first-order valence-electron chi connectivity index (χ1n) is 6.70. The molecule has 5 nitrogen and oxygen atoms in total. The first kappa shape index (κ1) is 14.5. The van der Waals surface area contributed by atoms with E-state index in [9.17, 15) is 4.79 Å². The maximum absolute atomic E-state index is 12.0. The number of carbonyl (C=O) groups excluding carboxylic acids is 1. The molecular formula is C16H13BrN4O. The summed E-state index contributed by atoms with van der Waals surface area (Å²) in [4.78, 5) is 16.0. The number of amides is 1. The Morgan fingerprint density at radius 2 is 2.00 bits per heavy atom. The standard InChI is InChI=1S/C16H13BrN4O/c17-14-6-13(9-18-10-14)16(22)19-7-12-8-20-21(11-12)15-4-2-1-3-5-15/h1-6,8-11H,7H2,(H,19,22). The number of hydrogen-bond acceptors (Lipinski definition) is 3. The fourth-order valence-electron chi connectivity index (χ4n) is 1.99. The van der Waals surface area contributed by atoms with Crippen LogP contribution < -0.4 is 5.32 Å². The molecule has 0 aliphatic carbocycles. The molecule has 0 bridgehead atoms. The third-order valence-corrected chi connectivity index (χ3v) is 3.51. The van der Waals surface area contributed by atoms with Crippen LogP contribution in [-0.4, -0.2) is 20.7 Å². The molecule has 0 radical (unpaired) electrons. The lowest BCUT2D eigenvalue weighted by Crippen LogP contribution is -2.22. The molecule has 3 aromatic rings. The number of nitrogens with one attached hydrogen (secondary N) is 1. The van der Waals surface area contributed by atoms with Gasteiger partial charge in [-0.05, 0) is 34.1 Å². The van der Waals surface area contributed by atoms with Gasteiger partial charge in [0.2, 0.25) is 0 Å². The van der Waals surface area contributed by atoms with E-state index in [1.807, 2.05) is 36.5 Å². The Balaban J connectivity index is 1.65. The quantitative estimate of drug-likeness (QED) is 0.781. The molecule has 2 aromatic heterocycles. The minimum atomic E-state index is -0.165. The Labute approximate surface area is 136 Å². The average Bonchev–Trinajstić information content (AvgIpc) is 3.02. The van der Waals surface area contributed by atoms with Gasteiger partial charge in [-0.15, -0.1) is 0 Å². The Bertz CT molecular complexity index is 786. The van der Waals surface area contributed by atoms with Gasteiger partial charge in [0, 0.05) is 35.2 Å². The largest absolute Gasteiger partial charge is 0.348 e.